The van der Waals surface area contributed by atoms with Crippen molar-refractivity contribution in [2.24, 2.45) is 0 Å². The van der Waals surface area contributed by atoms with Crippen LogP contribution in [0.15, 0.2) is 35.1 Å². The van der Waals surface area contributed by atoms with Crippen LogP contribution in [0.4, 0.5) is 0 Å². The Bertz CT molecular complexity index is 1240. The maximum atomic E-state index is 13.2. The summed E-state index contributed by atoms with van der Waals surface area (Å²) < 4.78 is 7.48. The molecular weight excluding hydrogens is 426 g/mol. The van der Waals surface area contributed by atoms with E-state index in [1.807, 2.05) is 18.2 Å². The van der Waals surface area contributed by atoms with E-state index in [2.05, 4.69) is 5.32 Å². The summed E-state index contributed by atoms with van der Waals surface area (Å²) in [5.41, 5.74) is 1.09. The third-order valence-electron chi connectivity index (χ3n) is 6.09. The molecule has 8 heteroatoms. The van der Waals surface area contributed by atoms with Crippen LogP contribution in [0.2, 0.25) is 0 Å². The summed E-state index contributed by atoms with van der Waals surface area (Å²) >= 11 is 1.17. The van der Waals surface area contributed by atoms with Crippen LogP contribution in [0.1, 0.15) is 64.8 Å². The molecule has 2 aromatic heterocycles. The van der Waals surface area contributed by atoms with E-state index in [9.17, 15) is 14.4 Å². The molecule has 1 aliphatic heterocycles. The predicted molar refractivity (Wildman–Crippen MR) is 122 cm³/mol. The summed E-state index contributed by atoms with van der Waals surface area (Å²) in [6.45, 7) is 2.41. The molecule has 5 rings (SSSR count). The highest BCUT2D eigenvalue weighted by Crippen LogP contribution is 2.31. The zero-order valence-corrected chi connectivity index (χ0v) is 18.7. The van der Waals surface area contributed by atoms with Crippen molar-refractivity contribution in [3.8, 4) is 0 Å². The number of aromatic nitrogens is 2. The van der Waals surface area contributed by atoms with E-state index in [1.165, 1.54) is 11.3 Å². The summed E-state index contributed by atoms with van der Waals surface area (Å²) in [7, 11) is 0. The van der Waals surface area contributed by atoms with Gasteiger partial charge in [0, 0.05) is 24.6 Å². The normalized spacial score (nSPS) is 16.8. The Morgan fingerprint density at radius 2 is 1.97 bits per heavy atom. The third-order valence-corrected chi connectivity index (χ3v) is 7.25. The monoisotopic (exact) mass is 451 g/mol. The van der Waals surface area contributed by atoms with E-state index in [1.54, 1.807) is 23.6 Å². The van der Waals surface area contributed by atoms with E-state index in [-0.39, 0.29) is 17.5 Å². The van der Waals surface area contributed by atoms with Gasteiger partial charge in [0.2, 0.25) is 6.10 Å². The topological polar surface area (TPSA) is 90.3 Å². The number of rotatable bonds is 5. The number of ether oxygens (including phenoxy) is 1. The summed E-state index contributed by atoms with van der Waals surface area (Å²) in [5.74, 6) is -0.146. The summed E-state index contributed by atoms with van der Waals surface area (Å²) in [6, 6.07) is 9.16. The number of thiophene rings is 1. The van der Waals surface area contributed by atoms with Gasteiger partial charge < -0.3 is 10.1 Å². The van der Waals surface area contributed by atoms with Crippen molar-refractivity contribution in [2.45, 2.75) is 64.1 Å². The molecule has 0 radical (unpaired) electrons. The number of hydrogen-bond acceptors (Lipinski definition) is 6. The number of benzene rings is 1. The lowest BCUT2D eigenvalue weighted by molar-refractivity contribution is -0.130. The highest BCUT2D eigenvalue weighted by molar-refractivity contribution is 7.20. The van der Waals surface area contributed by atoms with E-state index < -0.39 is 12.1 Å². The SMILES string of the molecule is Cc1c(C(=O)OC(C(=O)NC2CC2)c2ccccc2)sc2nc3n(c(=O)c12)CCCCC3. The number of nitrogens with zero attached hydrogens (tertiary/aromatic N) is 2. The van der Waals surface area contributed by atoms with Crippen LogP contribution < -0.4 is 10.9 Å². The number of esters is 1. The van der Waals surface area contributed by atoms with E-state index in [4.69, 9.17) is 9.72 Å². The molecule has 1 atom stereocenters. The first-order chi connectivity index (χ1) is 15.5. The van der Waals surface area contributed by atoms with Gasteiger partial charge in [-0.1, -0.05) is 36.8 Å². The molecule has 7 nitrogen and oxygen atoms in total. The van der Waals surface area contributed by atoms with Crippen LogP contribution >= 0.6 is 11.3 Å². The van der Waals surface area contributed by atoms with Gasteiger partial charge in [-0.15, -0.1) is 11.3 Å². The van der Waals surface area contributed by atoms with E-state index >= 15 is 0 Å². The van der Waals surface area contributed by atoms with Crippen molar-refractivity contribution < 1.29 is 14.3 Å². The van der Waals surface area contributed by atoms with Gasteiger partial charge in [0.05, 0.1) is 5.39 Å². The standard InChI is InChI=1S/C24H25N3O4S/c1-14-18-22(26-17-10-6-3-7-13-27(17)23(18)29)32-20(14)24(30)31-19(15-8-4-2-5-9-15)21(28)25-16-11-12-16/h2,4-5,8-9,16,19H,3,6-7,10-13H2,1H3,(H,25,28). The molecule has 1 aromatic carbocycles. The molecule has 0 bridgehead atoms. The summed E-state index contributed by atoms with van der Waals surface area (Å²) in [5, 5.41) is 3.40. The third kappa shape index (κ3) is 3.95. The van der Waals surface area contributed by atoms with Gasteiger partial charge in [0.15, 0.2) is 0 Å². The lowest BCUT2D eigenvalue weighted by Crippen LogP contribution is -2.33. The van der Waals surface area contributed by atoms with Crippen molar-refractivity contribution in [3.05, 3.63) is 62.5 Å². The molecule has 1 saturated carbocycles. The van der Waals surface area contributed by atoms with E-state index in [0.717, 1.165) is 44.3 Å². The number of fused-ring (bicyclic) bond motifs is 2. The fourth-order valence-corrected chi connectivity index (χ4v) is 5.24. The number of hydrogen-bond donors (Lipinski definition) is 1. The van der Waals surface area contributed by atoms with Crippen LogP contribution in [0, 0.1) is 6.92 Å². The first-order valence-corrected chi connectivity index (χ1v) is 11.9. The molecule has 1 fully saturated rings. The van der Waals surface area contributed by atoms with Crippen molar-refractivity contribution in [1.29, 1.82) is 0 Å². The first-order valence-electron chi connectivity index (χ1n) is 11.1. The molecule has 0 saturated heterocycles. The molecule has 166 valence electrons. The number of nitrogens with one attached hydrogen (secondary N) is 1. The zero-order chi connectivity index (χ0) is 22.2. The minimum atomic E-state index is -1.04. The lowest BCUT2D eigenvalue weighted by atomic mass is 10.1. The van der Waals surface area contributed by atoms with Crippen molar-refractivity contribution in [2.75, 3.05) is 0 Å². The zero-order valence-electron chi connectivity index (χ0n) is 17.9. The van der Waals surface area contributed by atoms with Crippen LogP contribution in [-0.4, -0.2) is 27.5 Å². The number of carbonyl (C=O) groups is 2. The Morgan fingerprint density at radius 3 is 2.72 bits per heavy atom. The van der Waals surface area contributed by atoms with Crippen LogP contribution in [0.25, 0.3) is 10.2 Å². The molecule has 2 aliphatic rings. The van der Waals surface area contributed by atoms with Gasteiger partial charge in [-0.2, -0.15) is 0 Å². The first kappa shape index (κ1) is 20.9. The molecule has 0 spiro atoms. The van der Waals surface area contributed by atoms with Gasteiger partial charge in [-0.25, -0.2) is 9.78 Å². The van der Waals surface area contributed by atoms with Crippen molar-refractivity contribution >= 4 is 33.4 Å². The molecular formula is C24H25N3O4S. The summed E-state index contributed by atoms with van der Waals surface area (Å²) in [6.07, 6.45) is 4.64. The second kappa shape index (κ2) is 8.50. The lowest BCUT2D eigenvalue weighted by Gasteiger charge is -2.17. The molecule has 3 aromatic rings. The molecule has 3 heterocycles. The second-order valence-corrected chi connectivity index (χ2v) is 9.51. The Hall–Kier alpha value is -3.00. The average Bonchev–Trinajstić information content (AvgIpc) is 3.58. The summed E-state index contributed by atoms with van der Waals surface area (Å²) in [4.78, 5) is 44.8. The number of carbonyl (C=O) groups excluding carboxylic acids is 2. The smallest absolute Gasteiger partial charge is 0.349 e. The largest absolute Gasteiger partial charge is 0.443 e. The van der Waals surface area contributed by atoms with Crippen LogP contribution in [0.3, 0.4) is 0 Å². The Morgan fingerprint density at radius 1 is 1.19 bits per heavy atom. The Labute approximate surface area is 189 Å². The second-order valence-electron chi connectivity index (χ2n) is 8.51. The van der Waals surface area contributed by atoms with Gasteiger partial charge >= 0.3 is 5.97 Å². The Kier molecular flexibility index (Phi) is 5.55. The highest BCUT2D eigenvalue weighted by Gasteiger charge is 2.32. The molecule has 32 heavy (non-hydrogen) atoms. The van der Waals surface area contributed by atoms with Crippen molar-refractivity contribution in [3.63, 3.8) is 0 Å². The van der Waals surface area contributed by atoms with Gasteiger partial charge in [-0.3, -0.25) is 14.2 Å². The van der Waals surface area contributed by atoms with Crippen molar-refractivity contribution in [1.82, 2.24) is 14.9 Å². The predicted octanol–water partition coefficient (Wildman–Crippen LogP) is 3.67. The fraction of sp³-hybridized carbons (Fsp3) is 0.417. The van der Waals surface area contributed by atoms with Crippen LogP contribution in [-0.2, 0) is 22.5 Å². The van der Waals surface area contributed by atoms with Gasteiger partial charge in [-0.05, 0) is 38.2 Å². The minimum absolute atomic E-state index is 0.0919. The Balaban J connectivity index is 1.49. The van der Waals surface area contributed by atoms with Gasteiger partial charge in [0.25, 0.3) is 11.5 Å². The molecule has 1 N–H and O–H groups in total. The quantitative estimate of drug-likeness (QED) is 0.598. The minimum Gasteiger partial charge on any atom is -0.443 e. The number of aryl methyl sites for hydroxylation is 2. The number of amides is 1. The molecule has 1 unspecified atom stereocenters. The average molecular weight is 452 g/mol. The molecule has 1 amide bonds. The highest BCUT2D eigenvalue weighted by atomic mass is 32.1. The van der Waals surface area contributed by atoms with E-state index in [0.29, 0.717) is 32.8 Å². The fourth-order valence-electron chi connectivity index (χ4n) is 4.17. The maximum absolute atomic E-state index is 13.2. The maximum Gasteiger partial charge on any atom is 0.349 e. The van der Waals surface area contributed by atoms with Crippen LogP contribution in [0.5, 0.6) is 0 Å². The van der Waals surface area contributed by atoms with Gasteiger partial charge in [0.1, 0.15) is 15.5 Å². The molecule has 1 aliphatic carbocycles.